The number of ether oxygens (including phenoxy) is 1. The first-order chi connectivity index (χ1) is 11.1. The lowest BCUT2D eigenvalue weighted by Crippen LogP contribution is -2.44. The molecular weight excluding hydrogens is 303 g/mol. The van der Waals surface area contributed by atoms with Gasteiger partial charge >= 0.3 is 0 Å². The minimum Gasteiger partial charge on any atom is -0.481 e. The van der Waals surface area contributed by atoms with Gasteiger partial charge in [-0.15, -0.1) is 0 Å². The summed E-state index contributed by atoms with van der Waals surface area (Å²) in [4.78, 5) is 15.7. The number of amides is 1. The van der Waals surface area contributed by atoms with Crippen molar-refractivity contribution in [2.75, 3.05) is 13.2 Å². The Bertz CT molecular complexity index is 639. The molecule has 2 rings (SSSR count). The fourth-order valence-electron chi connectivity index (χ4n) is 1.96. The van der Waals surface area contributed by atoms with E-state index in [0.717, 1.165) is 0 Å². The zero-order valence-corrected chi connectivity index (χ0v) is 12.2. The van der Waals surface area contributed by atoms with Crippen molar-refractivity contribution in [2.45, 2.75) is 12.1 Å². The third-order valence-electron chi connectivity index (χ3n) is 3.15. The van der Waals surface area contributed by atoms with E-state index in [2.05, 4.69) is 10.3 Å². The number of para-hydroxylation sites is 1. The fraction of sp³-hybridized carbons (Fsp3) is 0.250. The van der Waals surface area contributed by atoms with Crippen molar-refractivity contribution < 1.29 is 24.1 Å². The first-order valence-corrected chi connectivity index (χ1v) is 6.97. The molecule has 0 aliphatic rings. The Labute approximate surface area is 132 Å². The predicted octanol–water partition coefficient (Wildman–Crippen LogP) is 0.810. The number of nitrogens with one attached hydrogen (secondary N) is 1. The lowest BCUT2D eigenvalue weighted by molar-refractivity contribution is -0.125. The van der Waals surface area contributed by atoms with Crippen LogP contribution in [0.5, 0.6) is 5.75 Å². The lowest BCUT2D eigenvalue weighted by atomic mass is 10.0. The molecule has 122 valence electrons. The third kappa shape index (κ3) is 4.73. The maximum absolute atomic E-state index is 13.4. The molecule has 1 aromatic carbocycles. The maximum Gasteiger partial charge on any atom is 0.258 e. The second kappa shape index (κ2) is 8.21. The van der Waals surface area contributed by atoms with Crippen LogP contribution in [0, 0.1) is 5.82 Å². The minimum absolute atomic E-state index is 0.0454. The van der Waals surface area contributed by atoms with Gasteiger partial charge in [-0.05, 0) is 18.2 Å². The molecule has 0 bridgehead atoms. The summed E-state index contributed by atoms with van der Waals surface area (Å²) in [6.45, 7) is -0.904. The van der Waals surface area contributed by atoms with Crippen LogP contribution in [-0.2, 0) is 4.79 Å². The first kappa shape index (κ1) is 16.9. The molecule has 0 fully saturated rings. The molecule has 6 nitrogen and oxygen atoms in total. The van der Waals surface area contributed by atoms with Gasteiger partial charge in [0.05, 0.1) is 12.6 Å². The molecule has 0 aliphatic heterocycles. The van der Waals surface area contributed by atoms with Crippen LogP contribution in [0.25, 0.3) is 0 Å². The van der Waals surface area contributed by atoms with Crippen LogP contribution in [0.1, 0.15) is 11.7 Å². The van der Waals surface area contributed by atoms with Crippen LogP contribution in [0.3, 0.4) is 0 Å². The number of hydrogen-bond acceptors (Lipinski definition) is 5. The largest absolute Gasteiger partial charge is 0.481 e. The molecule has 0 unspecified atom stereocenters. The maximum atomic E-state index is 13.4. The van der Waals surface area contributed by atoms with Crippen molar-refractivity contribution in [3.05, 3.63) is 60.2 Å². The number of aromatic nitrogens is 1. The highest BCUT2D eigenvalue weighted by atomic mass is 19.1. The van der Waals surface area contributed by atoms with Crippen molar-refractivity contribution >= 4 is 5.91 Å². The van der Waals surface area contributed by atoms with Crippen LogP contribution >= 0.6 is 0 Å². The summed E-state index contributed by atoms with van der Waals surface area (Å²) < 4.78 is 18.4. The number of aliphatic hydroxyl groups is 2. The van der Waals surface area contributed by atoms with Crippen molar-refractivity contribution in [2.24, 2.45) is 0 Å². The van der Waals surface area contributed by atoms with Crippen molar-refractivity contribution in [1.82, 2.24) is 10.3 Å². The monoisotopic (exact) mass is 320 g/mol. The van der Waals surface area contributed by atoms with E-state index in [1.807, 2.05) is 0 Å². The molecule has 1 heterocycles. The molecule has 1 amide bonds. The van der Waals surface area contributed by atoms with Gasteiger partial charge in [0.2, 0.25) is 0 Å². The van der Waals surface area contributed by atoms with E-state index >= 15 is 0 Å². The van der Waals surface area contributed by atoms with Crippen LogP contribution in [0.4, 0.5) is 4.39 Å². The van der Waals surface area contributed by atoms with Crippen LogP contribution < -0.4 is 10.1 Å². The van der Waals surface area contributed by atoms with E-state index in [9.17, 15) is 19.4 Å². The van der Waals surface area contributed by atoms with Gasteiger partial charge in [0, 0.05) is 18.0 Å². The molecular formula is C16H17FN2O4. The third-order valence-corrected chi connectivity index (χ3v) is 3.15. The lowest BCUT2D eigenvalue weighted by Gasteiger charge is -2.22. The highest BCUT2D eigenvalue weighted by molar-refractivity contribution is 5.78. The quantitative estimate of drug-likeness (QED) is 0.702. The van der Waals surface area contributed by atoms with E-state index in [1.165, 1.54) is 24.4 Å². The Morgan fingerprint density at radius 3 is 2.74 bits per heavy atom. The molecule has 0 radical (unpaired) electrons. The van der Waals surface area contributed by atoms with Gasteiger partial charge in [-0.25, -0.2) is 4.39 Å². The van der Waals surface area contributed by atoms with Gasteiger partial charge in [0.15, 0.2) is 18.2 Å². The molecule has 2 atom stereocenters. The molecule has 7 heteroatoms. The SMILES string of the molecule is O=C(COc1ccccc1F)N[C@@H](CO)[C@H](O)c1cccnc1. The van der Waals surface area contributed by atoms with Gasteiger partial charge in [0.1, 0.15) is 6.10 Å². The van der Waals surface area contributed by atoms with Crippen molar-refractivity contribution in [1.29, 1.82) is 0 Å². The molecule has 23 heavy (non-hydrogen) atoms. The number of carbonyl (C=O) groups excluding carboxylic acids is 1. The van der Waals surface area contributed by atoms with Gasteiger partial charge in [-0.3, -0.25) is 9.78 Å². The Kier molecular flexibility index (Phi) is 6.02. The van der Waals surface area contributed by atoms with Crippen molar-refractivity contribution in [3.8, 4) is 5.75 Å². The number of benzene rings is 1. The van der Waals surface area contributed by atoms with Gasteiger partial charge in [0.25, 0.3) is 5.91 Å². The number of carbonyl (C=O) groups is 1. The Morgan fingerprint density at radius 1 is 1.30 bits per heavy atom. The average molecular weight is 320 g/mol. The minimum atomic E-state index is -1.12. The fourth-order valence-corrected chi connectivity index (χ4v) is 1.96. The van der Waals surface area contributed by atoms with E-state index in [4.69, 9.17) is 4.74 Å². The number of halogens is 1. The van der Waals surface area contributed by atoms with Gasteiger partial charge in [-0.2, -0.15) is 0 Å². The average Bonchev–Trinajstić information content (AvgIpc) is 2.59. The number of aliphatic hydroxyl groups excluding tert-OH is 2. The number of hydrogen-bond donors (Lipinski definition) is 3. The summed E-state index contributed by atoms with van der Waals surface area (Å²) in [5, 5.41) is 21.9. The van der Waals surface area contributed by atoms with Crippen LogP contribution in [-0.4, -0.2) is 40.4 Å². The highest BCUT2D eigenvalue weighted by Gasteiger charge is 2.22. The topological polar surface area (TPSA) is 91.7 Å². The zero-order valence-electron chi connectivity index (χ0n) is 12.2. The van der Waals surface area contributed by atoms with E-state index in [-0.39, 0.29) is 5.75 Å². The Hall–Kier alpha value is -2.51. The smallest absolute Gasteiger partial charge is 0.258 e. The second-order valence-electron chi connectivity index (χ2n) is 4.81. The summed E-state index contributed by atoms with van der Waals surface area (Å²) in [5.41, 5.74) is 0.460. The summed E-state index contributed by atoms with van der Waals surface area (Å²) in [6.07, 6.45) is 1.87. The van der Waals surface area contributed by atoms with Crippen LogP contribution in [0.15, 0.2) is 48.8 Å². The van der Waals surface area contributed by atoms with E-state index in [0.29, 0.717) is 5.56 Å². The van der Waals surface area contributed by atoms with Crippen molar-refractivity contribution in [3.63, 3.8) is 0 Å². The standard InChI is InChI=1S/C16H17FN2O4/c17-12-5-1-2-6-14(12)23-10-15(21)19-13(9-20)16(22)11-4-3-7-18-8-11/h1-8,13,16,20,22H,9-10H2,(H,19,21)/t13-,16+/m0/s1. The van der Waals surface area contributed by atoms with E-state index in [1.54, 1.807) is 24.4 Å². The molecule has 3 N–H and O–H groups in total. The normalized spacial score (nSPS) is 13.2. The van der Waals surface area contributed by atoms with Gasteiger partial charge in [-0.1, -0.05) is 18.2 Å². The summed E-state index contributed by atoms with van der Waals surface area (Å²) in [7, 11) is 0. The van der Waals surface area contributed by atoms with E-state index < -0.39 is 37.1 Å². The molecule has 0 aliphatic carbocycles. The summed E-state index contributed by atoms with van der Waals surface area (Å²) in [5.74, 6) is -1.21. The Morgan fingerprint density at radius 2 is 2.09 bits per heavy atom. The zero-order chi connectivity index (χ0) is 16.7. The molecule has 0 saturated heterocycles. The molecule has 1 aromatic heterocycles. The van der Waals surface area contributed by atoms with Crippen LogP contribution in [0.2, 0.25) is 0 Å². The first-order valence-electron chi connectivity index (χ1n) is 6.97. The second-order valence-corrected chi connectivity index (χ2v) is 4.81. The Balaban J connectivity index is 1.91. The molecule has 0 saturated carbocycles. The number of pyridine rings is 1. The summed E-state index contributed by atoms with van der Waals surface area (Å²) in [6, 6.07) is 8.05. The number of rotatable bonds is 7. The van der Waals surface area contributed by atoms with Gasteiger partial charge < -0.3 is 20.3 Å². The number of nitrogens with zero attached hydrogens (tertiary/aromatic N) is 1. The molecule has 2 aromatic rings. The molecule has 0 spiro atoms. The predicted molar refractivity (Wildman–Crippen MR) is 80.1 cm³/mol. The summed E-state index contributed by atoms with van der Waals surface area (Å²) >= 11 is 0. The highest BCUT2D eigenvalue weighted by Crippen LogP contribution is 2.16.